The second-order valence-electron chi connectivity index (χ2n) is 3.57. The van der Waals surface area contributed by atoms with E-state index < -0.39 is 11.2 Å². The quantitative estimate of drug-likeness (QED) is 0.403. The van der Waals surface area contributed by atoms with E-state index in [2.05, 4.69) is 4.84 Å². The monoisotopic (exact) mass is 217 g/mol. The summed E-state index contributed by atoms with van der Waals surface area (Å²) in [5, 5.41) is 9.34. The fraction of sp³-hybridized carbons (Fsp3) is 0.889. The number of nitrogens with zero attached hydrogens (tertiary/aromatic N) is 1. The molecule has 0 heterocycles. The molecule has 15 heavy (non-hydrogen) atoms. The zero-order valence-corrected chi connectivity index (χ0v) is 8.68. The number of carbonyl (C=O) groups is 1. The Morgan fingerprint density at radius 3 is 2.87 bits per heavy atom. The van der Waals surface area contributed by atoms with Crippen LogP contribution in [0.1, 0.15) is 32.6 Å². The van der Waals surface area contributed by atoms with Gasteiger partial charge in [-0.05, 0) is 26.2 Å². The topological polar surface area (TPSA) is 78.7 Å². The van der Waals surface area contributed by atoms with Crippen molar-refractivity contribution in [2.75, 3.05) is 6.61 Å². The van der Waals surface area contributed by atoms with Crippen molar-refractivity contribution in [3.8, 4) is 0 Å². The van der Waals surface area contributed by atoms with E-state index in [1.165, 1.54) is 0 Å². The van der Waals surface area contributed by atoms with Crippen LogP contribution in [0.5, 0.6) is 0 Å². The van der Waals surface area contributed by atoms with Crippen LogP contribution in [0.2, 0.25) is 0 Å². The first kappa shape index (κ1) is 11.7. The Bertz CT molecular complexity index is 243. The van der Waals surface area contributed by atoms with Gasteiger partial charge in [0.1, 0.15) is 6.10 Å². The van der Waals surface area contributed by atoms with Crippen LogP contribution in [0.25, 0.3) is 0 Å². The Labute approximate surface area is 87.6 Å². The molecule has 0 bridgehead atoms. The first-order chi connectivity index (χ1) is 7.13. The second kappa shape index (κ2) is 5.53. The van der Waals surface area contributed by atoms with Crippen LogP contribution in [0, 0.1) is 16.0 Å². The average molecular weight is 217 g/mol. The van der Waals surface area contributed by atoms with Gasteiger partial charge in [0, 0.05) is 0 Å². The summed E-state index contributed by atoms with van der Waals surface area (Å²) in [5.74, 6) is -0.516. The lowest BCUT2D eigenvalue weighted by molar-refractivity contribution is -0.769. The number of rotatable bonds is 4. The van der Waals surface area contributed by atoms with Gasteiger partial charge in [0.2, 0.25) is 0 Å². The minimum atomic E-state index is -0.793. The van der Waals surface area contributed by atoms with Crippen molar-refractivity contribution >= 4 is 5.97 Å². The van der Waals surface area contributed by atoms with E-state index in [-0.39, 0.29) is 11.9 Å². The highest BCUT2D eigenvalue weighted by Gasteiger charge is 2.29. The lowest BCUT2D eigenvalue weighted by atomic mass is 9.87. The summed E-state index contributed by atoms with van der Waals surface area (Å²) in [5.41, 5.74) is 0. The highest BCUT2D eigenvalue weighted by atomic mass is 17.0. The Balaban J connectivity index is 2.41. The Kier molecular flexibility index (Phi) is 4.33. The molecule has 1 saturated carbocycles. The standard InChI is InChI=1S/C9H15NO5/c1-2-14-9(11)7-4-3-5-8(6-7)15-10(12)13/h7-8H,2-6H2,1H3. The van der Waals surface area contributed by atoms with Crippen LogP contribution >= 0.6 is 0 Å². The number of esters is 1. The summed E-state index contributed by atoms with van der Waals surface area (Å²) in [7, 11) is 0. The highest BCUT2D eigenvalue weighted by molar-refractivity contribution is 5.72. The lowest BCUT2D eigenvalue weighted by Gasteiger charge is -2.25. The van der Waals surface area contributed by atoms with Crippen LogP contribution in [-0.2, 0) is 14.4 Å². The molecule has 1 aliphatic carbocycles. The molecular formula is C9H15NO5. The summed E-state index contributed by atoms with van der Waals surface area (Å²) >= 11 is 0. The lowest BCUT2D eigenvalue weighted by Crippen LogP contribution is -2.30. The molecule has 6 nitrogen and oxygen atoms in total. The fourth-order valence-electron chi connectivity index (χ4n) is 1.84. The van der Waals surface area contributed by atoms with Crippen LogP contribution in [0.4, 0.5) is 0 Å². The number of hydrogen-bond acceptors (Lipinski definition) is 5. The van der Waals surface area contributed by atoms with Crippen molar-refractivity contribution in [1.82, 2.24) is 0 Å². The largest absolute Gasteiger partial charge is 0.466 e. The summed E-state index contributed by atoms with van der Waals surface area (Å²) in [4.78, 5) is 26.0. The molecular weight excluding hydrogens is 202 g/mol. The van der Waals surface area contributed by atoms with Gasteiger partial charge in [0.05, 0.1) is 12.5 Å². The Morgan fingerprint density at radius 1 is 1.53 bits per heavy atom. The van der Waals surface area contributed by atoms with Crippen molar-refractivity contribution in [3.05, 3.63) is 10.1 Å². The Hall–Kier alpha value is -1.33. The van der Waals surface area contributed by atoms with Gasteiger partial charge in [-0.25, -0.2) is 0 Å². The van der Waals surface area contributed by atoms with Gasteiger partial charge in [-0.3, -0.25) is 4.79 Å². The van der Waals surface area contributed by atoms with Gasteiger partial charge in [0.25, 0.3) is 5.09 Å². The predicted molar refractivity (Wildman–Crippen MR) is 50.5 cm³/mol. The molecule has 0 aromatic heterocycles. The highest BCUT2D eigenvalue weighted by Crippen LogP contribution is 2.27. The van der Waals surface area contributed by atoms with E-state index in [4.69, 9.17) is 4.74 Å². The molecule has 0 aromatic carbocycles. The maximum absolute atomic E-state index is 11.4. The summed E-state index contributed by atoms with van der Waals surface area (Å²) < 4.78 is 4.87. The van der Waals surface area contributed by atoms with Gasteiger partial charge in [-0.1, -0.05) is 6.42 Å². The summed E-state index contributed by atoms with van der Waals surface area (Å²) in [6.07, 6.45) is 2.07. The fourth-order valence-corrected chi connectivity index (χ4v) is 1.84. The van der Waals surface area contributed by atoms with Gasteiger partial charge < -0.3 is 9.57 Å². The maximum Gasteiger partial charge on any atom is 0.308 e. The molecule has 1 aliphatic rings. The zero-order valence-electron chi connectivity index (χ0n) is 8.68. The van der Waals surface area contributed by atoms with Crippen LogP contribution in [0.3, 0.4) is 0 Å². The van der Waals surface area contributed by atoms with E-state index in [0.29, 0.717) is 19.4 Å². The molecule has 86 valence electrons. The average Bonchev–Trinajstić information content (AvgIpc) is 2.17. The van der Waals surface area contributed by atoms with Crippen molar-refractivity contribution < 1.29 is 19.5 Å². The third-order valence-electron chi connectivity index (χ3n) is 2.48. The van der Waals surface area contributed by atoms with Gasteiger partial charge >= 0.3 is 5.97 Å². The maximum atomic E-state index is 11.4. The molecule has 1 rings (SSSR count). The molecule has 0 radical (unpaired) electrons. The number of ether oxygens (including phenoxy) is 1. The Morgan fingerprint density at radius 2 is 2.27 bits per heavy atom. The van der Waals surface area contributed by atoms with Crippen molar-refractivity contribution in [3.63, 3.8) is 0 Å². The van der Waals surface area contributed by atoms with E-state index in [9.17, 15) is 14.9 Å². The van der Waals surface area contributed by atoms with E-state index >= 15 is 0 Å². The van der Waals surface area contributed by atoms with E-state index in [1.54, 1.807) is 6.92 Å². The van der Waals surface area contributed by atoms with Gasteiger partial charge in [0.15, 0.2) is 0 Å². The zero-order chi connectivity index (χ0) is 11.3. The molecule has 6 heteroatoms. The van der Waals surface area contributed by atoms with E-state index in [1.807, 2.05) is 0 Å². The molecule has 0 aromatic rings. The SMILES string of the molecule is CCOC(=O)C1CCCC(O[N+](=O)[O-])C1. The second-order valence-corrected chi connectivity index (χ2v) is 3.57. The molecule has 0 spiro atoms. The molecule has 0 N–H and O–H groups in total. The van der Waals surface area contributed by atoms with Crippen LogP contribution in [-0.4, -0.2) is 23.8 Å². The number of carbonyl (C=O) groups excluding carboxylic acids is 1. The number of hydrogen-bond donors (Lipinski definition) is 0. The summed E-state index contributed by atoms with van der Waals surface area (Å²) in [6, 6.07) is 0. The van der Waals surface area contributed by atoms with E-state index in [0.717, 1.165) is 12.8 Å². The molecule has 2 unspecified atom stereocenters. The van der Waals surface area contributed by atoms with Crippen molar-refractivity contribution in [2.45, 2.75) is 38.7 Å². The molecule has 0 amide bonds. The first-order valence-electron chi connectivity index (χ1n) is 5.11. The first-order valence-corrected chi connectivity index (χ1v) is 5.11. The normalized spacial score (nSPS) is 25.7. The summed E-state index contributed by atoms with van der Waals surface area (Å²) in [6.45, 7) is 2.09. The third-order valence-corrected chi connectivity index (χ3v) is 2.48. The molecule has 0 saturated heterocycles. The van der Waals surface area contributed by atoms with Crippen LogP contribution < -0.4 is 0 Å². The predicted octanol–water partition coefficient (Wildman–Crippen LogP) is 1.32. The minimum absolute atomic E-state index is 0.247. The van der Waals surface area contributed by atoms with Gasteiger partial charge in [-0.2, -0.15) is 0 Å². The molecule has 2 atom stereocenters. The van der Waals surface area contributed by atoms with Crippen LogP contribution in [0.15, 0.2) is 0 Å². The van der Waals surface area contributed by atoms with Crippen molar-refractivity contribution in [1.29, 1.82) is 0 Å². The third kappa shape index (κ3) is 3.73. The molecule has 1 fully saturated rings. The smallest absolute Gasteiger partial charge is 0.308 e. The minimum Gasteiger partial charge on any atom is -0.466 e. The van der Waals surface area contributed by atoms with Crippen molar-refractivity contribution in [2.24, 2.45) is 5.92 Å². The van der Waals surface area contributed by atoms with Gasteiger partial charge in [-0.15, -0.1) is 10.1 Å². The molecule has 0 aliphatic heterocycles.